The number of carbonyl (C=O) groups is 2. The summed E-state index contributed by atoms with van der Waals surface area (Å²) in [6, 6.07) is 3.82. The van der Waals surface area contributed by atoms with Crippen molar-refractivity contribution in [2.75, 3.05) is 32.1 Å². The van der Waals surface area contributed by atoms with Gasteiger partial charge >= 0.3 is 5.97 Å². The minimum absolute atomic E-state index is 0.0135. The summed E-state index contributed by atoms with van der Waals surface area (Å²) in [4.78, 5) is 34.5. The van der Waals surface area contributed by atoms with Crippen LogP contribution in [0, 0.1) is 10.1 Å². The van der Waals surface area contributed by atoms with Crippen molar-refractivity contribution in [3.8, 4) is 0 Å². The van der Waals surface area contributed by atoms with Gasteiger partial charge in [0.2, 0.25) is 0 Å². The number of ether oxygens (including phenoxy) is 2. The van der Waals surface area contributed by atoms with Gasteiger partial charge in [-0.25, -0.2) is 4.79 Å². The van der Waals surface area contributed by atoms with Gasteiger partial charge in [0, 0.05) is 38.0 Å². The molecule has 1 aromatic rings. The van der Waals surface area contributed by atoms with Crippen molar-refractivity contribution in [2.45, 2.75) is 26.4 Å². The van der Waals surface area contributed by atoms with Crippen LogP contribution in [0.4, 0.5) is 11.4 Å². The van der Waals surface area contributed by atoms with Crippen molar-refractivity contribution in [1.29, 1.82) is 0 Å². The Morgan fingerprint density at radius 3 is 2.64 bits per heavy atom. The van der Waals surface area contributed by atoms with Crippen LogP contribution in [0.2, 0.25) is 0 Å². The average Bonchev–Trinajstić information content (AvgIpc) is 2.59. The molecule has 1 aromatic carbocycles. The lowest BCUT2D eigenvalue weighted by Gasteiger charge is -2.15. The Labute approximate surface area is 145 Å². The number of anilines is 1. The van der Waals surface area contributed by atoms with Gasteiger partial charge in [-0.2, -0.15) is 0 Å². The highest BCUT2D eigenvalue weighted by molar-refractivity contribution is 5.98. The van der Waals surface area contributed by atoms with Crippen molar-refractivity contribution in [3.05, 3.63) is 33.9 Å². The second-order valence-corrected chi connectivity index (χ2v) is 5.25. The van der Waals surface area contributed by atoms with E-state index in [-0.39, 0.29) is 11.3 Å². The van der Waals surface area contributed by atoms with E-state index in [2.05, 4.69) is 10.6 Å². The monoisotopic (exact) mass is 353 g/mol. The van der Waals surface area contributed by atoms with Crippen molar-refractivity contribution in [2.24, 2.45) is 0 Å². The summed E-state index contributed by atoms with van der Waals surface area (Å²) < 4.78 is 10.1. The molecule has 0 aliphatic heterocycles. The number of hydrogen-bond donors (Lipinski definition) is 2. The summed E-state index contributed by atoms with van der Waals surface area (Å²) in [7, 11) is 1.53. The topological polar surface area (TPSA) is 120 Å². The summed E-state index contributed by atoms with van der Waals surface area (Å²) in [5.41, 5.74) is 0.113. The van der Waals surface area contributed by atoms with E-state index in [1.165, 1.54) is 26.2 Å². The van der Waals surface area contributed by atoms with Crippen LogP contribution in [0.15, 0.2) is 18.2 Å². The molecule has 0 saturated carbocycles. The number of rotatable bonds is 10. The number of nitrogens with one attached hydrogen (secondary N) is 2. The Bertz CT molecular complexity index is 620. The molecule has 0 aromatic heterocycles. The number of nitro groups is 1. The van der Waals surface area contributed by atoms with Gasteiger partial charge in [0.05, 0.1) is 17.1 Å². The summed E-state index contributed by atoms with van der Waals surface area (Å²) >= 11 is 0. The lowest BCUT2D eigenvalue weighted by molar-refractivity contribution is -0.384. The molecule has 0 saturated heterocycles. The van der Waals surface area contributed by atoms with Gasteiger partial charge in [-0.3, -0.25) is 14.9 Å². The Kier molecular flexibility index (Phi) is 8.34. The Morgan fingerprint density at radius 2 is 2.04 bits per heavy atom. The third-order valence-electron chi connectivity index (χ3n) is 3.26. The van der Waals surface area contributed by atoms with E-state index in [0.29, 0.717) is 25.4 Å². The maximum atomic E-state index is 12.4. The number of hydrogen-bond acceptors (Lipinski definition) is 7. The van der Waals surface area contributed by atoms with Gasteiger partial charge in [-0.05, 0) is 19.4 Å². The molecule has 0 aliphatic carbocycles. The third-order valence-corrected chi connectivity index (χ3v) is 3.26. The van der Waals surface area contributed by atoms with Gasteiger partial charge in [0.25, 0.3) is 11.6 Å². The molecule has 9 nitrogen and oxygen atoms in total. The van der Waals surface area contributed by atoms with E-state index in [0.717, 1.165) is 12.5 Å². The Balaban J connectivity index is 2.93. The first-order valence-electron chi connectivity index (χ1n) is 7.90. The van der Waals surface area contributed by atoms with Crippen molar-refractivity contribution >= 4 is 23.3 Å². The summed E-state index contributed by atoms with van der Waals surface area (Å²) in [6.45, 7) is 4.61. The second kappa shape index (κ2) is 10.2. The molecule has 9 heteroatoms. The maximum absolute atomic E-state index is 12.4. The average molecular weight is 353 g/mol. The largest absolute Gasteiger partial charge is 0.449 e. The summed E-state index contributed by atoms with van der Waals surface area (Å²) in [6.07, 6.45) is -0.254. The van der Waals surface area contributed by atoms with Gasteiger partial charge in [-0.1, -0.05) is 6.92 Å². The lowest BCUT2D eigenvalue weighted by atomic mass is 10.1. The van der Waals surface area contributed by atoms with Crippen LogP contribution in [0.3, 0.4) is 0 Å². The minimum atomic E-state index is -1.01. The highest BCUT2D eigenvalue weighted by atomic mass is 16.6. The van der Waals surface area contributed by atoms with Crippen LogP contribution in [-0.4, -0.2) is 49.7 Å². The predicted octanol–water partition coefficient (Wildman–Crippen LogP) is 1.72. The fraction of sp³-hybridized carbons (Fsp3) is 0.500. The van der Waals surface area contributed by atoms with E-state index >= 15 is 0 Å². The minimum Gasteiger partial charge on any atom is -0.449 e. The molecule has 25 heavy (non-hydrogen) atoms. The molecule has 0 bridgehead atoms. The van der Waals surface area contributed by atoms with Crippen LogP contribution in [0.25, 0.3) is 0 Å². The van der Waals surface area contributed by atoms with Crippen LogP contribution in [0.5, 0.6) is 0 Å². The van der Waals surface area contributed by atoms with Crippen LogP contribution in [0.1, 0.15) is 30.6 Å². The number of carbonyl (C=O) groups excluding carboxylic acids is 2. The molecule has 2 N–H and O–H groups in total. The molecule has 0 aliphatic rings. The van der Waals surface area contributed by atoms with E-state index < -0.39 is 22.9 Å². The number of nitro benzene ring substituents is 1. The number of benzene rings is 1. The van der Waals surface area contributed by atoms with Crippen LogP contribution < -0.4 is 10.6 Å². The highest BCUT2D eigenvalue weighted by Crippen LogP contribution is 2.23. The lowest BCUT2D eigenvalue weighted by Crippen LogP contribution is -2.36. The number of nitrogens with zero attached hydrogens (tertiary/aromatic N) is 1. The first kappa shape index (κ1) is 20.4. The normalized spacial score (nSPS) is 11.5. The van der Waals surface area contributed by atoms with Crippen molar-refractivity contribution in [1.82, 2.24) is 5.32 Å². The molecule has 0 spiro atoms. The first-order valence-corrected chi connectivity index (χ1v) is 7.90. The SMILES string of the molecule is CCCNC(=O)[C@H](C)OC(=O)c1cc([N+](=O)[O-])ccc1NCCOC. The zero-order valence-corrected chi connectivity index (χ0v) is 14.5. The second-order valence-electron chi connectivity index (χ2n) is 5.25. The molecule has 1 amide bonds. The molecule has 0 radical (unpaired) electrons. The highest BCUT2D eigenvalue weighted by Gasteiger charge is 2.22. The Morgan fingerprint density at radius 1 is 1.32 bits per heavy atom. The van der Waals surface area contributed by atoms with Gasteiger partial charge in [0.15, 0.2) is 6.10 Å². The fourth-order valence-electron chi connectivity index (χ4n) is 1.93. The first-order chi connectivity index (χ1) is 11.9. The quantitative estimate of drug-likeness (QED) is 0.284. The van der Waals surface area contributed by atoms with Crippen molar-refractivity contribution in [3.63, 3.8) is 0 Å². The molecule has 0 heterocycles. The molecule has 0 unspecified atom stereocenters. The van der Waals surface area contributed by atoms with E-state index in [4.69, 9.17) is 9.47 Å². The summed E-state index contributed by atoms with van der Waals surface area (Å²) in [5.74, 6) is -1.24. The third kappa shape index (κ3) is 6.38. The van der Waals surface area contributed by atoms with Crippen LogP contribution >= 0.6 is 0 Å². The molecule has 138 valence electrons. The van der Waals surface area contributed by atoms with Gasteiger partial charge in [0.1, 0.15) is 0 Å². The van der Waals surface area contributed by atoms with Crippen molar-refractivity contribution < 1.29 is 24.0 Å². The number of esters is 1. The van der Waals surface area contributed by atoms with E-state index in [9.17, 15) is 19.7 Å². The smallest absolute Gasteiger partial charge is 0.341 e. The van der Waals surface area contributed by atoms with E-state index in [1.54, 1.807) is 0 Å². The summed E-state index contributed by atoms with van der Waals surface area (Å²) in [5, 5.41) is 16.5. The zero-order chi connectivity index (χ0) is 18.8. The number of amides is 1. The number of non-ortho nitro benzene ring substituents is 1. The molecular formula is C16H23N3O6. The van der Waals surface area contributed by atoms with Gasteiger partial charge in [-0.15, -0.1) is 0 Å². The van der Waals surface area contributed by atoms with Gasteiger partial charge < -0.3 is 20.1 Å². The maximum Gasteiger partial charge on any atom is 0.341 e. The zero-order valence-electron chi connectivity index (χ0n) is 14.5. The molecule has 1 atom stereocenters. The number of methoxy groups -OCH3 is 1. The fourth-order valence-corrected chi connectivity index (χ4v) is 1.93. The van der Waals surface area contributed by atoms with E-state index in [1.807, 2.05) is 6.92 Å². The molecule has 1 rings (SSSR count). The Hall–Kier alpha value is -2.68. The standard InChI is InChI=1S/C16H23N3O6/c1-4-7-18-15(20)11(2)25-16(21)13-10-12(19(22)23)5-6-14(13)17-8-9-24-3/h5-6,10-11,17H,4,7-9H2,1-3H3,(H,18,20)/t11-/m0/s1. The predicted molar refractivity (Wildman–Crippen MR) is 91.6 cm³/mol. The van der Waals surface area contributed by atoms with Crippen LogP contribution in [-0.2, 0) is 14.3 Å². The molecular weight excluding hydrogens is 330 g/mol. The molecule has 0 fully saturated rings.